The molecule has 0 atom stereocenters. The molecule has 0 fully saturated rings. The molecule has 9 heteroatoms. The standard InChI is InChI=1S/C14H17F3N2O4/c1-18(7-4-6-12(21)23-2)11(20)9-19-8-3-5-10(13(19)22)14(15,16)17/h3,5,8H,4,6-7,9H2,1-2H3. The van der Waals surface area contributed by atoms with Gasteiger partial charge in [0.25, 0.3) is 5.56 Å². The van der Waals surface area contributed by atoms with E-state index in [0.717, 1.165) is 12.3 Å². The normalized spacial score (nSPS) is 11.2. The van der Waals surface area contributed by atoms with Gasteiger partial charge in [-0.3, -0.25) is 14.4 Å². The second-order valence-corrected chi connectivity index (χ2v) is 4.85. The lowest BCUT2D eigenvalue weighted by atomic mass is 10.2. The highest BCUT2D eigenvalue weighted by Crippen LogP contribution is 2.25. The molecule has 1 heterocycles. The summed E-state index contributed by atoms with van der Waals surface area (Å²) in [6, 6.07) is 1.73. The smallest absolute Gasteiger partial charge is 0.421 e. The number of hydrogen-bond acceptors (Lipinski definition) is 4. The summed E-state index contributed by atoms with van der Waals surface area (Å²) >= 11 is 0. The Morgan fingerprint density at radius 1 is 1.35 bits per heavy atom. The zero-order valence-electron chi connectivity index (χ0n) is 12.7. The summed E-state index contributed by atoms with van der Waals surface area (Å²) in [6.45, 7) is -0.279. The number of alkyl halides is 3. The Hall–Kier alpha value is -2.32. The number of hydrogen-bond donors (Lipinski definition) is 0. The van der Waals surface area contributed by atoms with Crippen molar-refractivity contribution < 1.29 is 27.5 Å². The van der Waals surface area contributed by atoms with Crippen LogP contribution in [-0.2, 0) is 27.0 Å². The van der Waals surface area contributed by atoms with Crippen LogP contribution in [0.4, 0.5) is 13.2 Å². The predicted molar refractivity (Wildman–Crippen MR) is 74.6 cm³/mol. The first kappa shape index (κ1) is 18.7. The van der Waals surface area contributed by atoms with Crippen LogP contribution in [0, 0.1) is 0 Å². The Morgan fingerprint density at radius 3 is 2.57 bits per heavy atom. The number of halogens is 3. The summed E-state index contributed by atoms with van der Waals surface area (Å²) in [7, 11) is 2.69. The van der Waals surface area contributed by atoms with Crippen LogP contribution in [0.5, 0.6) is 0 Å². The van der Waals surface area contributed by atoms with Gasteiger partial charge in [0, 0.05) is 26.2 Å². The monoisotopic (exact) mass is 334 g/mol. The average Bonchev–Trinajstić information content (AvgIpc) is 2.47. The first-order chi connectivity index (χ1) is 10.7. The molecule has 0 N–H and O–H groups in total. The van der Waals surface area contributed by atoms with E-state index in [9.17, 15) is 27.6 Å². The van der Waals surface area contributed by atoms with E-state index < -0.39 is 35.7 Å². The molecule has 0 unspecified atom stereocenters. The average molecular weight is 334 g/mol. The van der Waals surface area contributed by atoms with E-state index >= 15 is 0 Å². The molecular weight excluding hydrogens is 317 g/mol. The van der Waals surface area contributed by atoms with Crippen LogP contribution in [0.2, 0.25) is 0 Å². The van der Waals surface area contributed by atoms with Gasteiger partial charge in [0.2, 0.25) is 5.91 Å². The SMILES string of the molecule is COC(=O)CCCN(C)C(=O)Cn1cccc(C(F)(F)F)c1=O. The third-order valence-electron chi connectivity index (χ3n) is 3.16. The number of carbonyl (C=O) groups excluding carboxylic acids is 2. The van der Waals surface area contributed by atoms with E-state index in [1.807, 2.05) is 0 Å². The number of pyridine rings is 1. The van der Waals surface area contributed by atoms with E-state index in [0.29, 0.717) is 17.1 Å². The quantitative estimate of drug-likeness (QED) is 0.735. The van der Waals surface area contributed by atoms with Crippen molar-refractivity contribution in [3.05, 3.63) is 34.2 Å². The van der Waals surface area contributed by atoms with Gasteiger partial charge in [0.15, 0.2) is 0 Å². The van der Waals surface area contributed by atoms with Gasteiger partial charge in [-0.1, -0.05) is 0 Å². The molecule has 1 amide bonds. The lowest BCUT2D eigenvalue weighted by Gasteiger charge is -2.18. The highest BCUT2D eigenvalue weighted by atomic mass is 19.4. The van der Waals surface area contributed by atoms with Crippen molar-refractivity contribution in [2.45, 2.75) is 25.6 Å². The number of amides is 1. The zero-order valence-corrected chi connectivity index (χ0v) is 12.7. The molecular formula is C14H17F3N2O4. The van der Waals surface area contributed by atoms with E-state index in [-0.39, 0.29) is 13.0 Å². The van der Waals surface area contributed by atoms with E-state index in [1.165, 1.54) is 19.1 Å². The van der Waals surface area contributed by atoms with Crippen LogP contribution >= 0.6 is 0 Å². The zero-order chi connectivity index (χ0) is 17.6. The van der Waals surface area contributed by atoms with Gasteiger partial charge in [-0.05, 0) is 18.6 Å². The van der Waals surface area contributed by atoms with Crippen LogP contribution in [0.15, 0.2) is 23.1 Å². The van der Waals surface area contributed by atoms with Gasteiger partial charge in [-0.15, -0.1) is 0 Å². The summed E-state index contributed by atoms with van der Waals surface area (Å²) in [5.41, 5.74) is -2.59. The van der Waals surface area contributed by atoms with Gasteiger partial charge in [-0.2, -0.15) is 13.2 Å². The third kappa shape index (κ3) is 5.42. The van der Waals surface area contributed by atoms with Crippen molar-refractivity contribution in [3.8, 4) is 0 Å². The number of ether oxygens (including phenoxy) is 1. The summed E-state index contributed by atoms with van der Waals surface area (Å²) < 4.78 is 43.1. The molecule has 1 aromatic heterocycles. The maximum absolute atomic E-state index is 12.6. The maximum Gasteiger partial charge on any atom is 0.421 e. The van der Waals surface area contributed by atoms with Gasteiger partial charge in [-0.25, -0.2) is 0 Å². The molecule has 0 aliphatic heterocycles. The van der Waals surface area contributed by atoms with E-state index in [4.69, 9.17) is 0 Å². The molecule has 23 heavy (non-hydrogen) atoms. The fraction of sp³-hybridized carbons (Fsp3) is 0.500. The lowest BCUT2D eigenvalue weighted by Crippen LogP contribution is -2.36. The van der Waals surface area contributed by atoms with Crippen LogP contribution < -0.4 is 5.56 Å². The molecule has 6 nitrogen and oxygen atoms in total. The number of rotatable bonds is 6. The summed E-state index contributed by atoms with van der Waals surface area (Å²) in [5, 5.41) is 0. The van der Waals surface area contributed by atoms with Gasteiger partial charge in [0.1, 0.15) is 12.1 Å². The number of carbonyl (C=O) groups is 2. The number of likely N-dealkylation sites (N-methyl/N-ethyl adjacent to an activating group) is 1. The molecule has 0 saturated carbocycles. The minimum atomic E-state index is -4.77. The molecule has 1 aromatic rings. The second kappa shape index (κ2) is 7.80. The third-order valence-corrected chi connectivity index (χ3v) is 3.16. The van der Waals surface area contributed by atoms with Crippen molar-refractivity contribution in [1.29, 1.82) is 0 Å². The minimum Gasteiger partial charge on any atom is -0.469 e. The first-order valence-electron chi connectivity index (χ1n) is 6.74. The Bertz CT molecular complexity index is 625. The van der Waals surface area contributed by atoms with Crippen LogP contribution in [0.1, 0.15) is 18.4 Å². The fourth-order valence-corrected chi connectivity index (χ4v) is 1.83. The molecule has 0 aliphatic rings. The van der Waals surface area contributed by atoms with Crippen molar-refractivity contribution in [3.63, 3.8) is 0 Å². The van der Waals surface area contributed by atoms with Crippen molar-refractivity contribution in [2.24, 2.45) is 0 Å². The molecule has 0 spiro atoms. The van der Waals surface area contributed by atoms with Crippen LogP contribution in [-0.4, -0.2) is 42.0 Å². The fourth-order valence-electron chi connectivity index (χ4n) is 1.83. The maximum atomic E-state index is 12.6. The molecule has 0 radical (unpaired) electrons. The van der Waals surface area contributed by atoms with Gasteiger partial charge < -0.3 is 14.2 Å². The highest BCUT2D eigenvalue weighted by molar-refractivity contribution is 5.75. The number of nitrogens with zero attached hydrogens (tertiary/aromatic N) is 2. The van der Waals surface area contributed by atoms with Crippen molar-refractivity contribution in [2.75, 3.05) is 20.7 Å². The second-order valence-electron chi connectivity index (χ2n) is 4.85. The molecule has 0 bridgehead atoms. The largest absolute Gasteiger partial charge is 0.469 e. The summed E-state index contributed by atoms with van der Waals surface area (Å²) in [6.07, 6.45) is -3.17. The van der Waals surface area contributed by atoms with Crippen LogP contribution in [0.3, 0.4) is 0 Å². The topological polar surface area (TPSA) is 68.6 Å². The van der Waals surface area contributed by atoms with Gasteiger partial charge >= 0.3 is 12.1 Å². The lowest BCUT2D eigenvalue weighted by molar-refractivity contribution is -0.141. The first-order valence-corrected chi connectivity index (χ1v) is 6.74. The van der Waals surface area contributed by atoms with E-state index in [2.05, 4.69) is 4.74 Å². The molecule has 0 aliphatic carbocycles. The summed E-state index contributed by atoms with van der Waals surface area (Å²) in [4.78, 5) is 35.9. The number of aromatic nitrogens is 1. The molecule has 0 aromatic carbocycles. The minimum absolute atomic E-state index is 0.123. The highest BCUT2D eigenvalue weighted by Gasteiger charge is 2.34. The Morgan fingerprint density at radius 2 is 2.00 bits per heavy atom. The molecule has 0 saturated heterocycles. The Labute approximate surface area is 130 Å². The van der Waals surface area contributed by atoms with Gasteiger partial charge in [0.05, 0.1) is 7.11 Å². The van der Waals surface area contributed by atoms with E-state index in [1.54, 1.807) is 0 Å². The Balaban J connectivity index is 2.71. The molecule has 128 valence electrons. The summed E-state index contributed by atoms with van der Waals surface area (Å²) in [5.74, 6) is -0.948. The number of methoxy groups -OCH3 is 1. The molecule has 1 rings (SSSR count). The number of esters is 1. The Kier molecular flexibility index (Phi) is 6.35. The van der Waals surface area contributed by atoms with Crippen LogP contribution in [0.25, 0.3) is 0 Å². The van der Waals surface area contributed by atoms with Crippen molar-refractivity contribution >= 4 is 11.9 Å². The van der Waals surface area contributed by atoms with Crippen molar-refractivity contribution in [1.82, 2.24) is 9.47 Å². The predicted octanol–water partition coefficient (Wildman–Crippen LogP) is 1.28.